The number of hydrogen-bond acceptors (Lipinski definition) is 2. The molecule has 0 bridgehead atoms. The van der Waals surface area contributed by atoms with Gasteiger partial charge in [-0.1, -0.05) is 26.3 Å². The van der Waals surface area contributed by atoms with Crippen molar-refractivity contribution >= 4 is 11.7 Å². The quantitative estimate of drug-likeness (QED) is 0.812. The predicted molar refractivity (Wildman–Crippen MR) is 73.9 cm³/mol. The third kappa shape index (κ3) is 4.65. The smallest absolute Gasteiger partial charge is 0.321 e. The summed E-state index contributed by atoms with van der Waals surface area (Å²) in [6, 6.07) is 6.50. The zero-order chi connectivity index (χ0) is 13.4. The topological polar surface area (TPSA) is 52.6 Å². The van der Waals surface area contributed by atoms with E-state index in [1.54, 1.807) is 24.3 Å². The number of unbranched alkanes of at least 4 members (excludes halogenated alkanes) is 1. The molecular weight excluding hydrogens is 228 g/mol. The maximum atomic E-state index is 12.1. The molecule has 18 heavy (non-hydrogen) atoms. The molecule has 0 aliphatic rings. The van der Waals surface area contributed by atoms with E-state index in [4.69, 9.17) is 0 Å². The lowest BCUT2D eigenvalue weighted by Gasteiger charge is -2.22. The zero-order valence-electron chi connectivity index (χ0n) is 11.1. The van der Waals surface area contributed by atoms with Crippen molar-refractivity contribution in [3.63, 3.8) is 0 Å². The van der Waals surface area contributed by atoms with E-state index in [9.17, 15) is 9.90 Å². The Morgan fingerprint density at radius 3 is 2.67 bits per heavy atom. The SMILES string of the molecule is CCCCN(CCC)C(=O)Nc1cccc(O)c1. The Morgan fingerprint density at radius 2 is 2.06 bits per heavy atom. The van der Waals surface area contributed by atoms with Crippen LogP contribution in [0.3, 0.4) is 0 Å². The highest BCUT2D eigenvalue weighted by atomic mass is 16.3. The summed E-state index contributed by atoms with van der Waals surface area (Å²) in [5, 5.41) is 12.1. The first kappa shape index (κ1) is 14.4. The summed E-state index contributed by atoms with van der Waals surface area (Å²) in [5.41, 5.74) is 0.623. The maximum Gasteiger partial charge on any atom is 0.321 e. The zero-order valence-corrected chi connectivity index (χ0v) is 11.1. The van der Waals surface area contributed by atoms with Crippen molar-refractivity contribution in [2.45, 2.75) is 33.1 Å². The minimum absolute atomic E-state index is 0.101. The highest BCUT2D eigenvalue weighted by molar-refractivity contribution is 5.89. The summed E-state index contributed by atoms with van der Waals surface area (Å²) in [5.74, 6) is 0.156. The van der Waals surface area contributed by atoms with Gasteiger partial charge in [0.1, 0.15) is 5.75 Å². The Balaban J connectivity index is 2.60. The largest absolute Gasteiger partial charge is 0.508 e. The molecule has 0 atom stereocenters. The van der Waals surface area contributed by atoms with Gasteiger partial charge in [-0.2, -0.15) is 0 Å². The van der Waals surface area contributed by atoms with Crippen LogP contribution < -0.4 is 5.32 Å². The van der Waals surface area contributed by atoms with E-state index in [2.05, 4.69) is 19.2 Å². The van der Waals surface area contributed by atoms with Crippen molar-refractivity contribution in [2.75, 3.05) is 18.4 Å². The monoisotopic (exact) mass is 250 g/mol. The molecule has 0 heterocycles. The fourth-order valence-corrected chi connectivity index (χ4v) is 1.72. The van der Waals surface area contributed by atoms with Crippen LogP contribution in [0.2, 0.25) is 0 Å². The normalized spacial score (nSPS) is 10.1. The number of carbonyl (C=O) groups is 1. The van der Waals surface area contributed by atoms with E-state index in [0.29, 0.717) is 5.69 Å². The van der Waals surface area contributed by atoms with Gasteiger partial charge in [0.15, 0.2) is 0 Å². The molecule has 4 heteroatoms. The van der Waals surface area contributed by atoms with E-state index in [0.717, 1.165) is 32.4 Å². The van der Waals surface area contributed by atoms with Gasteiger partial charge in [0.25, 0.3) is 0 Å². The van der Waals surface area contributed by atoms with Crippen LogP contribution in [0.25, 0.3) is 0 Å². The molecule has 0 spiro atoms. The van der Waals surface area contributed by atoms with Crippen molar-refractivity contribution in [3.8, 4) is 5.75 Å². The maximum absolute atomic E-state index is 12.1. The minimum Gasteiger partial charge on any atom is -0.508 e. The van der Waals surface area contributed by atoms with Crippen LogP contribution >= 0.6 is 0 Å². The van der Waals surface area contributed by atoms with Crippen molar-refractivity contribution < 1.29 is 9.90 Å². The van der Waals surface area contributed by atoms with Crippen molar-refractivity contribution in [2.24, 2.45) is 0 Å². The fraction of sp³-hybridized carbons (Fsp3) is 0.500. The minimum atomic E-state index is -0.101. The number of benzene rings is 1. The summed E-state index contributed by atoms with van der Waals surface area (Å²) < 4.78 is 0. The lowest BCUT2D eigenvalue weighted by Crippen LogP contribution is -2.36. The van der Waals surface area contributed by atoms with Crippen molar-refractivity contribution in [1.82, 2.24) is 4.90 Å². The van der Waals surface area contributed by atoms with Gasteiger partial charge in [0, 0.05) is 24.8 Å². The highest BCUT2D eigenvalue weighted by Gasteiger charge is 2.11. The molecule has 1 aromatic rings. The Hall–Kier alpha value is -1.71. The molecule has 0 unspecified atom stereocenters. The molecule has 100 valence electrons. The number of nitrogens with one attached hydrogen (secondary N) is 1. The second-order valence-corrected chi connectivity index (χ2v) is 4.32. The summed E-state index contributed by atoms with van der Waals surface area (Å²) >= 11 is 0. The molecule has 0 aliphatic heterocycles. The first-order valence-electron chi connectivity index (χ1n) is 6.52. The van der Waals surface area contributed by atoms with Gasteiger partial charge < -0.3 is 15.3 Å². The molecule has 0 saturated carbocycles. The average Bonchev–Trinajstić information content (AvgIpc) is 2.34. The van der Waals surface area contributed by atoms with Crippen molar-refractivity contribution in [1.29, 1.82) is 0 Å². The molecular formula is C14H22N2O2. The van der Waals surface area contributed by atoms with E-state index in [-0.39, 0.29) is 11.8 Å². The van der Waals surface area contributed by atoms with Gasteiger partial charge in [-0.3, -0.25) is 0 Å². The van der Waals surface area contributed by atoms with Crippen LogP contribution in [-0.2, 0) is 0 Å². The van der Waals surface area contributed by atoms with Gasteiger partial charge in [0.05, 0.1) is 0 Å². The second-order valence-electron chi connectivity index (χ2n) is 4.32. The number of rotatable bonds is 6. The third-order valence-electron chi connectivity index (χ3n) is 2.66. The number of phenolic OH excluding ortho intramolecular Hbond substituents is 1. The number of hydrogen-bond donors (Lipinski definition) is 2. The Labute approximate surface area is 109 Å². The lowest BCUT2D eigenvalue weighted by atomic mass is 10.3. The fourth-order valence-electron chi connectivity index (χ4n) is 1.72. The number of aromatic hydroxyl groups is 1. The molecule has 0 fully saturated rings. The number of amides is 2. The first-order chi connectivity index (χ1) is 8.67. The summed E-state index contributed by atoms with van der Waals surface area (Å²) in [7, 11) is 0. The molecule has 0 saturated heterocycles. The Bertz CT molecular complexity index is 380. The molecule has 0 aromatic heterocycles. The van der Waals surface area contributed by atoms with Gasteiger partial charge >= 0.3 is 6.03 Å². The molecule has 0 aliphatic carbocycles. The van der Waals surface area contributed by atoms with E-state index in [1.807, 2.05) is 4.90 Å². The molecule has 4 nitrogen and oxygen atoms in total. The predicted octanol–water partition coefficient (Wildman–Crippen LogP) is 3.44. The summed E-state index contributed by atoms with van der Waals surface area (Å²) in [4.78, 5) is 13.9. The van der Waals surface area contributed by atoms with Crippen LogP contribution in [0.5, 0.6) is 5.75 Å². The van der Waals surface area contributed by atoms with E-state index in [1.165, 1.54) is 0 Å². The van der Waals surface area contributed by atoms with E-state index < -0.39 is 0 Å². The Kier molecular flexibility index (Phi) is 6.05. The first-order valence-corrected chi connectivity index (χ1v) is 6.52. The number of urea groups is 1. The van der Waals surface area contributed by atoms with E-state index >= 15 is 0 Å². The third-order valence-corrected chi connectivity index (χ3v) is 2.66. The van der Waals surface area contributed by atoms with Gasteiger partial charge in [-0.25, -0.2) is 4.79 Å². The number of phenols is 1. The lowest BCUT2D eigenvalue weighted by molar-refractivity contribution is 0.211. The van der Waals surface area contributed by atoms with Crippen molar-refractivity contribution in [3.05, 3.63) is 24.3 Å². The Morgan fingerprint density at radius 1 is 1.28 bits per heavy atom. The molecule has 2 amide bonds. The molecule has 1 rings (SSSR count). The number of anilines is 1. The number of nitrogens with zero attached hydrogens (tertiary/aromatic N) is 1. The van der Waals surface area contributed by atoms with Crippen LogP contribution in [0.4, 0.5) is 10.5 Å². The van der Waals surface area contributed by atoms with Gasteiger partial charge in [-0.15, -0.1) is 0 Å². The highest BCUT2D eigenvalue weighted by Crippen LogP contribution is 2.16. The van der Waals surface area contributed by atoms with Crippen LogP contribution in [-0.4, -0.2) is 29.1 Å². The second kappa shape index (κ2) is 7.58. The van der Waals surface area contributed by atoms with Crippen LogP contribution in [0.1, 0.15) is 33.1 Å². The molecule has 0 radical (unpaired) electrons. The average molecular weight is 250 g/mol. The molecule has 2 N–H and O–H groups in total. The van der Waals surface area contributed by atoms with Gasteiger partial charge in [-0.05, 0) is 25.0 Å². The van der Waals surface area contributed by atoms with Crippen LogP contribution in [0, 0.1) is 0 Å². The standard InChI is InChI=1S/C14H22N2O2/c1-3-5-10-16(9-4-2)14(18)15-12-7-6-8-13(17)11-12/h6-8,11,17H,3-5,9-10H2,1-2H3,(H,15,18). The molecule has 1 aromatic carbocycles. The van der Waals surface area contributed by atoms with Crippen LogP contribution in [0.15, 0.2) is 24.3 Å². The summed E-state index contributed by atoms with van der Waals surface area (Å²) in [6.07, 6.45) is 3.02. The number of carbonyl (C=O) groups excluding carboxylic acids is 1. The van der Waals surface area contributed by atoms with Gasteiger partial charge in [0.2, 0.25) is 0 Å². The summed E-state index contributed by atoms with van der Waals surface area (Å²) in [6.45, 7) is 5.69.